The highest BCUT2D eigenvalue weighted by atomic mass is 35.5. The van der Waals surface area contributed by atoms with Gasteiger partial charge in [-0.3, -0.25) is 19.5 Å². The molecule has 12 heteroatoms. The van der Waals surface area contributed by atoms with Crippen LogP contribution in [-0.4, -0.2) is 143 Å². The Labute approximate surface area is 212 Å². The van der Waals surface area contributed by atoms with Gasteiger partial charge in [-0.2, -0.15) is 0 Å². The highest BCUT2D eigenvalue weighted by Gasteiger charge is 2.12. The summed E-state index contributed by atoms with van der Waals surface area (Å²) in [6.45, 7) is 17.8. The molecule has 0 aliphatic rings. The van der Waals surface area contributed by atoms with E-state index < -0.39 is 0 Å². The van der Waals surface area contributed by atoms with Gasteiger partial charge in [0.15, 0.2) is 0 Å². The van der Waals surface area contributed by atoms with Crippen molar-refractivity contribution in [2.45, 2.75) is 13.8 Å². The Morgan fingerprint density at radius 3 is 1.53 bits per heavy atom. The molecule has 0 aliphatic carbocycles. The molecule has 204 valence electrons. The molecule has 0 unspecified atom stereocenters. The van der Waals surface area contributed by atoms with Crippen LogP contribution in [0.25, 0.3) is 0 Å². The first-order chi connectivity index (χ1) is 16.4. The molecule has 0 spiro atoms. The molecule has 10 N–H and O–H groups in total. The minimum atomic E-state index is -0.00651. The third-order valence-electron chi connectivity index (χ3n) is 5.56. The maximum absolute atomic E-state index is 11.7. The summed E-state index contributed by atoms with van der Waals surface area (Å²) >= 11 is 6.51. The molecular formula is C22H53ClN10O. The Hall–Kier alpha value is -0.600. The Bertz CT molecular complexity index is 475. The number of nitrogens with two attached hydrogens (primary N) is 4. The van der Waals surface area contributed by atoms with Crippen molar-refractivity contribution in [1.29, 1.82) is 0 Å². The van der Waals surface area contributed by atoms with Gasteiger partial charge >= 0.3 is 0 Å². The maximum Gasteiger partial charge on any atom is 0.222 e. The van der Waals surface area contributed by atoms with Crippen LogP contribution in [0.2, 0.25) is 0 Å². The van der Waals surface area contributed by atoms with Crippen molar-refractivity contribution in [3.63, 3.8) is 0 Å². The summed E-state index contributed by atoms with van der Waals surface area (Å²) in [5.41, 5.74) is 22.9. The highest BCUT2D eigenvalue weighted by Crippen LogP contribution is 1.99. The van der Waals surface area contributed by atoms with Gasteiger partial charge < -0.3 is 33.6 Å². The molecular weight excluding hydrogens is 456 g/mol. The molecule has 0 radical (unpaired) electrons. The van der Waals surface area contributed by atoms with E-state index in [4.69, 9.17) is 34.7 Å². The summed E-state index contributed by atoms with van der Waals surface area (Å²) in [4.78, 5) is 18.7. The number of rotatable bonds is 24. The molecule has 1 amide bonds. The molecule has 0 saturated heterocycles. The van der Waals surface area contributed by atoms with Gasteiger partial charge in [0.1, 0.15) is 0 Å². The van der Waals surface area contributed by atoms with Crippen LogP contribution < -0.4 is 33.6 Å². The summed E-state index contributed by atoms with van der Waals surface area (Å²) in [7, 11) is 0. The van der Waals surface area contributed by atoms with E-state index in [-0.39, 0.29) is 11.8 Å². The number of halogens is 1. The van der Waals surface area contributed by atoms with E-state index in [0.29, 0.717) is 32.7 Å². The van der Waals surface area contributed by atoms with Gasteiger partial charge in [-0.05, 0) is 11.8 Å². The van der Waals surface area contributed by atoms with E-state index in [1.807, 2.05) is 18.3 Å². The number of carbonyl (C=O) groups excluding carboxylic acids is 1. The van der Waals surface area contributed by atoms with E-state index in [1.54, 1.807) is 0 Å². The summed E-state index contributed by atoms with van der Waals surface area (Å²) < 4.78 is 1.83. The van der Waals surface area contributed by atoms with Gasteiger partial charge in [-0.1, -0.05) is 13.8 Å². The fourth-order valence-electron chi connectivity index (χ4n) is 3.45. The van der Waals surface area contributed by atoms with Crippen molar-refractivity contribution in [2.24, 2.45) is 28.9 Å². The second-order valence-electron chi connectivity index (χ2n) is 8.79. The highest BCUT2D eigenvalue weighted by molar-refractivity contribution is 6.13. The topological polar surface area (TPSA) is 158 Å². The minimum absolute atomic E-state index is 0.00651. The van der Waals surface area contributed by atoms with Crippen LogP contribution in [0.1, 0.15) is 13.8 Å². The van der Waals surface area contributed by atoms with E-state index in [1.165, 1.54) is 0 Å². The van der Waals surface area contributed by atoms with E-state index in [2.05, 4.69) is 25.3 Å². The third kappa shape index (κ3) is 18.7. The largest absolute Gasteiger partial charge is 0.355 e. The number of carbonyl (C=O) groups is 1. The van der Waals surface area contributed by atoms with Crippen LogP contribution in [0.4, 0.5) is 0 Å². The zero-order chi connectivity index (χ0) is 25.6. The summed E-state index contributed by atoms with van der Waals surface area (Å²) in [6.07, 6.45) is 0. The zero-order valence-electron chi connectivity index (χ0n) is 21.7. The third-order valence-corrected chi connectivity index (χ3v) is 5.90. The predicted octanol–water partition coefficient (Wildman–Crippen LogP) is -2.46. The number of nitrogens with zero attached hydrogens (tertiary/aromatic N) is 4. The fourth-order valence-corrected chi connectivity index (χ4v) is 3.61. The van der Waals surface area contributed by atoms with Crippen LogP contribution in [0.3, 0.4) is 0 Å². The first kappa shape index (κ1) is 33.4. The lowest BCUT2D eigenvalue weighted by atomic mass is 10.2. The standard InChI is InChI=1S/C22H53ClN10O/c1-21(2)22(34)29-9-14-31(11-5-26)17-19-33(23)20-18-32(12-6-27)16-15-30(10-4-25)13-8-28-7-3-24/h21,28H,3-20,24-27H2,1-2H3,(H,29,34). The summed E-state index contributed by atoms with van der Waals surface area (Å²) in [5.74, 6) is 0.0662. The first-order valence-electron chi connectivity index (χ1n) is 12.7. The molecule has 0 bridgehead atoms. The van der Waals surface area contributed by atoms with Crippen LogP contribution >= 0.6 is 11.8 Å². The summed E-state index contributed by atoms with van der Waals surface area (Å²) in [5, 5.41) is 6.29. The molecule has 0 aromatic rings. The Morgan fingerprint density at radius 1 is 0.647 bits per heavy atom. The molecule has 0 rings (SSSR count). The van der Waals surface area contributed by atoms with Crippen molar-refractivity contribution in [3.05, 3.63) is 0 Å². The molecule has 0 aromatic heterocycles. The van der Waals surface area contributed by atoms with Crippen LogP contribution in [0, 0.1) is 5.92 Å². The number of hydrogen-bond donors (Lipinski definition) is 6. The average molecular weight is 509 g/mol. The Morgan fingerprint density at radius 2 is 1.09 bits per heavy atom. The van der Waals surface area contributed by atoms with Gasteiger partial charge in [0.25, 0.3) is 0 Å². The van der Waals surface area contributed by atoms with Gasteiger partial charge in [-0.25, -0.2) is 4.42 Å². The Kier molecular flexibility index (Phi) is 22.4. The smallest absolute Gasteiger partial charge is 0.222 e. The Balaban J connectivity index is 4.37. The predicted molar refractivity (Wildman–Crippen MR) is 144 cm³/mol. The van der Waals surface area contributed by atoms with Crippen LogP contribution in [0.5, 0.6) is 0 Å². The lowest BCUT2D eigenvalue weighted by Crippen LogP contribution is -2.44. The second-order valence-corrected chi connectivity index (χ2v) is 9.26. The monoisotopic (exact) mass is 508 g/mol. The van der Waals surface area contributed by atoms with Crippen molar-refractivity contribution in [2.75, 3.05) is 118 Å². The molecule has 0 aromatic carbocycles. The number of nitrogens with one attached hydrogen (secondary N) is 2. The first-order valence-corrected chi connectivity index (χ1v) is 13.1. The van der Waals surface area contributed by atoms with Crippen molar-refractivity contribution >= 4 is 17.7 Å². The average Bonchev–Trinajstić information content (AvgIpc) is 2.81. The molecule has 0 heterocycles. The molecule has 0 atom stereocenters. The van der Waals surface area contributed by atoms with Gasteiger partial charge in [0, 0.05) is 124 Å². The second kappa shape index (κ2) is 22.8. The zero-order valence-corrected chi connectivity index (χ0v) is 22.4. The lowest BCUT2D eigenvalue weighted by molar-refractivity contribution is -0.124. The van der Waals surface area contributed by atoms with Gasteiger partial charge in [0.2, 0.25) is 5.91 Å². The normalized spacial score (nSPS) is 12.1. The number of amides is 1. The van der Waals surface area contributed by atoms with Crippen molar-refractivity contribution < 1.29 is 4.79 Å². The van der Waals surface area contributed by atoms with E-state index in [0.717, 1.165) is 85.1 Å². The SMILES string of the molecule is CC(C)C(=O)NCCN(CCN)CCN(Cl)CCN(CCN)CCN(CCN)CCNCCN. The fraction of sp³-hybridized carbons (Fsp3) is 0.955. The molecule has 34 heavy (non-hydrogen) atoms. The molecule has 0 fully saturated rings. The molecule has 0 saturated carbocycles. The van der Waals surface area contributed by atoms with E-state index >= 15 is 0 Å². The lowest BCUT2D eigenvalue weighted by Gasteiger charge is -2.29. The van der Waals surface area contributed by atoms with Crippen molar-refractivity contribution in [1.82, 2.24) is 29.8 Å². The summed E-state index contributed by atoms with van der Waals surface area (Å²) in [6, 6.07) is 0. The maximum atomic E-state index is 11.7. The van der Waals surface area contributed by atoms with Gasteiger partial charge in [-0.15, -0.1) is 0 Å². The van der Waals surface area contributed by atoms with Crippen LogP contribution in [-0.2, 0) is 4.79 Å². The minimum Gasteiger partial charge on any atom is -0.355 e. The number of hydrogen-bond acceptors (Lipinski definition) is 10. The van der Waals surface area contributed by atoms with Crippen LogP contribution in [0.15, 0.2) is 0 Å². The molecule has 11 nitrogen and oxygen atoms in total. The quantitative estimate of drug-likeness (QED) is 0.0610. The molecule has 0 aliphatic heterocycles. The van der Waals surface area contributed by atoms with E-state index in [9.17, 15) is 4.79 Å². The van der Waals surface area contributed by atoms with Crippen molar-refractivity contribution in [3.8, 4) is 0 Å². The van der Waals surface area contributed by atoms with Gasteiger partial charge in [0.05, 0.1) is 0 Å².